The lowest BCUT2D eigenvalue weighted by Gasteiger charge is -2.07. The maximum atomic E-state index is 10.7. The summed E-state index contributed by atoms with van der Waals surface area (Å²) < 4.78 is 5.53. The van der Waals surface area contributed by atoms with Crippen LogP contribution in [0.2, 0.25) is 0 Å². The van der Waals surface area contributed by atoms with E-state index in [-0.39, 0.29) is 0 Å². The van der Waals surface area contributed by atoms with E-state index < -0.39 is 0 Å². The Kier molecular flexibility index (Phi) is 7.33. The van der Waals surface area contributed by atoms with Crippen molar-refractivity contribution in [1.82, 2.24) is 5.32 Å². The molecule has 0 heterocycles. The van der Waals surface area contributed by atoms with Crippen molar-refractivity contribution in [2.24, 2.45) is 9.98 Å². The van der Waals surface area contributed by atoms with Gasteiger partial charge in [-0.05, 0) is 24.6 Å². The Morgan fingerprint density at radius 2 is 2.23 bits per heavy atom. The highest BCUT2D eigenvalue weighted by Crippen LogP contribution is 2.12. The topological polar surface area (TPSA) is 63.1 Å². The predicted octanol–water partition coefficient (Wildman–Crippen LogP) is 2.66. The lowest BCUT2D eigenvalue weighted by molar-refractivity contribution is 0.112. The van der Waals surface area contributed by atoms with E-state index in [0.717, 1.165) is 17.6 Å². The van der Waals surface area contributed by atoms with Crippen LogP contribution < -0.4 is 10.1 Å². The number of benzene rings is 1. The zero-order valence-electron chi connectivity index (χ0n) is 13.2. The standard InChI is InChI=1S/C17H21N3O2/c1-13(14(2)19-4)17(11-18-3)20-8-9-22-16-7-5-6-15(10-16)12-21/h5-8,10-12,19H,2,9H2,1,3-4H3/b17-13-,18-11?,20-8?. The maximum absolute atomic E-state index is 10.7. The lowest BCUT2D eigenvalue weighted by atomic mass is 10.2. The minimum atomic E-state index is 0.294. The van der Waals surface area contributed by atoms with Crippen molar-refractivity contribution in [3.05, 3.63) is 53.4 Å². The maximum Gasteiger partial charge on any atom is 0.150 e. The van der Waals surface area contributed by atoms with Crippen LogP contribution in [0.1, 0.15) is 17.3 Å². The van der Waals surface area contributed by atoms with Gasteiger partial charge in [-0.2, -0.15) is 0 Å². The molecule has 0 unspecified atom stereocenters. The number of hydrogen-bond donors (Lipinski definition) is 1. The molecule has 1 aromatic rings. The summed E-state index contributed by atoms with van der Waals surface area (Å²) in [5.41, 5.74) is 2.99. The monoisotopic (exact) mass is 299 g/mol. The van der Waals surface area contributed by atoms with Gasteiger partial charge in [-0.15, -0.1) is 0 Å². The molecule has 0 spiro atoms. The summed E-state index contributed by atoms with van der Waals surface area (Å²) in [5.74, 6) is 0.627. The second-order valence-electron chi connectivity index (χ2n) is 4.44. The molecule has 0 saturated heterocycles. The Bertz CT molecular complexity index is 616. The highest BCUT2D eigenvalue weighted by molar-refractivity contribution is 5.83. The quantitative estimate of drug-likeness (QED) is 0.456. The third kappa shape index (κ3) is 5.36. The Morgan fingerprint density at radius 3 is 2.86 bits per heavy atom. The highest BCUT2D eigenvalue weighted by atomic mass is 16.5. The van der Waals surface area contributed by atoms with E-state index in [1.54, 1.807) is 50.8 Å². The molecule has 1 rings (SSSR count). The van der Waals surface area contributed by atoms with Crippen molar-refractivity contribution >= 4 is 18.7 Å². The Morgan fingerprint density at radius 1 is 1.45 bits per heavy atom. The number of likely N-dealkylation sites (N-methyl/N-ethyl adjacent to an activating group) is 1. The summed E-state index contributed by atoms with van der Waals surface area (Å²) in [6, 6.07) is 6.96. The van der Waals surface area contributed by atoms with E-state index in [1.807, 2.05) is 6.92 Å². The van der Waals surface area contributed by atoms with Crippen molar-refractivity contribution in [2.75, 3.05) is 20.7 Å². The summed E-state index contributed by atoms with van der Waals surface area (Å²) in [7, 11) is 3.49. The number of carbonyl (C=O) groups is 1. The van der Waals surface area contributed by atoms with Crippen molar-refractivity contribution in [3.8, 4) is 5.75 Å². The minimum absolute atomic E-state index is 0.294. The fourth-order valence-electron chi connectivity index (χ4n) is 1.64. The van der Waals surface area contributed by atoms with Gasteiger partial charge in [-0.25, -0.2) is 0 Å². The largest absolute Gasteiger partial charge is 0.488 e. The lowest BCUT2D eigenvalue weighted by Crippen LogP contribution is -2.07. The molecule has 0 aliphatic carbocycles. The number of aldehydes is 1. The molecule has 0 saturated carbocycles. The van der Waals surface area contributed by atoms with Gasteiger partial charge in [0.15, 0.2) is 0 Å². The minimum Gasteiger partial charge on any atom is -0.488 e. The van der Waals surface area contributed by atoms with Gasteiger partial charge in [0.05, 0.1) is 5.70 Å². The van der Waals surface area contributed by atoms with Gasteiger partial charge < -0.3 is 10.1 Å². The molecule has 0 aliphatic rings. The molecule has 5 nitrogen and oxygen atoms in total. The Balaban J connectivity index is 2.73. The normalized spacial score (nSPS) is 12.3. The average Bonchev–Trinajstić information content (AvgIpc) is 2.56. The summed E-state index contributed by atoms with van der Waals surface area (Å²) >= 11 is 0. The first-order chi connectivity index (χ1) is 10.6. The van der Waals surface area contributed by atoms with Crippen LogP contribution in [0.25, 0.3) is 0 Å². The summed E-state index contributed by atoms with van der Waals surface area (Å²) in [5, 5.41) is 2.98. The van der Waals surface area contributed by atoms with Gasteiger partial charge >= 0.3 is 0 Å². The first-order valence-corrected chi connectivity index (χ1v) is 6.83. The summed E-state index contributed by atoms with van der Waals surface area (Å²) in [4.78, 5) is 19.0. The zero-order chi connectivity index (χ0) is 16.4. The van der Waals surface area contributed by atoms with Gasteiger partial charge in [0, 0.05) is 37.8 Å². The van der Waals surface area contributed by atoms with Gasteiger partial charge in [0.2, 0.25) is 0 Å². The van der Waals surface area contributed by atoms with E-state index in [9.17, 15) is 4.79 Å². The van der Waals surface area contributed by atoms with Crippen LogP contribution >= 0.6 is 0 Å². The third-order valence-corrected chi connectivity index (χ3v) is 2.94. The summed E-state index contributed by atoms with van der Waals surface area (Å²) in [6.45, 7) is 6.11. The summed E-state index contributed by atoms with van der Waals surface area (Å²) in [6.07, 6.45) is 4.10. The van der Waals surface area contributed by atoms with Crippen molar-refractivity contribution in [3.63, 3.8) is 0 Å². The molecule has 0 aromatic heterocycles. The SMILES string of the molecule is C=C(NC)/C(C)=C(/C=NC)N=CCOc1cccc(C=O)c1. The molecule has 0 radical (unpaired) electrons. The van der Waals surface area contributed by atoms with Crippen LogP contribution in [0.5, 0.6) is 5.75 Å². The highest BCUT2D eigenvalue weighted by Gasteiger charge is 2.01. The molecule has 0 aliphatic heterocycles. The van der Waals surface area contributed by atoms with E-state index in [4.69, 9.17) is 4.74 Å². The van der Waals surface area contributed by atoms with Crippen LogP contribution in [0.3, 0.4) is 0 Å². The van der Waals surface area contributed by atoms with Crippen molar-refractivity contribution in [1.29, 1.82) is 0 Å². The van der Waals surface area contributed by atoms with E-state index in [1.165, 1.54) is 0 Å². The van der Waals surface area contributed by atoms with Crippen LogP contribution in [-0.4, -0.2) is 39.4 Å². The van der Waals surface area contributed by atoms with Crippen LogP contribution in [0.15, 0.2) is 57.8 Å². The van der Waals surface area contributed by atoms with Gasteiger partial charge in [0.1, 0.15) is 18.6 Å². The first-order valence-electron chi connectivity index (χ1n) is 6.83. The number of nitrogens with one attached hydrogen (secondary N) is 1. The number of rotatable bonds is 8. The van der Waals surface area contributed by atoms with Gasteiger partial charge in [-0.3, -0.25) is 14.8 Å². The molecule has 0 amide bonds. The fourth-order valence-corrected chi connectivity index (χ4v) is 1.64. The molecule has 5 heteroatoms. The second kappa shape index (κ2) is 9.28. The Labute approximate surface area is 131 Å². The predicted molar refractivity (Wildman–Crippen MR) is 91.1 cm³/mol. The number of hydrogen-bond acceptors (Lipinski definition) is 5. The Hall–Kier alpha value is -2.69. The molecular weight excluding hydrogens is 278 g/mol. The zero-order valence-corrected chi connectivity index (χ0v) is 13.2. The van der Waals surface area contributed by atoms with Crippen LogP contribution in [0, 0.1) is 0 Å². The average molecular weight is 299 g/mol. The third-order valence-electron chi connectivity index (χ3n) is 2.94. The molecule has 116 valence electrons. The number of carbonyl (C=O) groups excluding carboxylic acids is 1. The number of nitrogens with zero attached hydrogens (tertiary/aromatic N) is 2. The number of allylic oxidation sites excluding steroid dienone is 2. The van der Waals surface area contributed by atoms with E-state index in [2.05, 4.69) is 21.9 Å². The van der Waals surface area contributed by atoms with Gasteiger partial charge in [0.25, 0.3) is 0 Å². The molecule has 1 aromatic carbocycles. The van der Waals surface area contributed by atoms with Crippen molar-refractivity contribution < 1.29 is 9.53 Å². The first kappa shape index (κ1) is 17.4. The molecular formula is C17H21N3O2. The fraction of sp³-hybridized carbons (Fsp3) is 0.235. The second-order valence-corrected chi connectivity index (χ2v) is 4.44. The van der Waals surface area contributed by atoms with E-state index >= 15 is 0 Å². The molecule has 0 bridgehead atoms. The smallest absolute Gasteiger partial charge is 0.150 e. The number of ether oxygens (including phenoxy) is 1. The van der Waals surface area contributed by atoms with E-state index in [0.29, 0.717) is 23.6 Å². The molecule has 0 atom stereocenters. The molecule has 1 N–H and O–H groups in total. The molecule has 0 fully saturated rings. The van der Waals surface area contributed by atoms with Gasteiger partial charge in [-0.1, -0.05) is 18.7 Å². The van der Waals surface area contributed by atoms with Crippen LogP contribution in [-0.2, 0) is 0 Å². The number of aliphatic imine (C=N–C) groups is 2. The van der Waals surface area contributed by atoms with Crippen molar-refractivity contribution in [2.45, 2.75) is 6.92 Å². The van der Waals surface area contributed by atoms with Crippen LogP contribution in [0.4, 0.5) is 0 Å². The molecule has 22 heavy (non-hydrogen) atoms.